The summed E-state index contributed by atoms with van der Waals surface area (Å²) < 4.78 is 0. The molecule has 0 unspecified atom stereocenters. The van der Waals surface area contributed by atoms with Crippen LogP contribution in [0.3, 0.4) is 0 Å². The molecule has 2 aromatic rings. The first kappa shape index (κ1) is 14.8. The summed E-state index contributed by atoms with van der Waals surface area (Å²) in [7, 11) is 0. The molecule has 0 aliphatic heterocycles. The molecule has 1 aromatic heterocycles. The van der Waals surface area contributed by atoms with Gasteiger partial charge in [0.15, 0.2) is 0 Å². The Labute approximate surface area is 123 Å². The zero-order valence-corrected chi connectivity index (χ0v) is 11.9. The lowest BCUT2D eigenvalue weighted by atomic mass is 10.2. The first-order valence-corrected chi connectivity index (χ1v) is 6.85. The Kier molecular flexibility index (Phi) is 5.09. The number of anilines is 2. The van der Waals surface area contributed by atoms with E-state index in [9.17, 15) is 10.1 Å². The average molecular weight is 286 g/mol. The Morgan fingerprint density at radius 3 is 2.62 bits per heavy atom. The third-order valence-corrected chi connectivity index (χ3v) is 2.98. The van der Waals surface area contributed by atoms with E-state index >= 15 is 0 Å². The molecule has 0 spiro atoms. The third-order valence-electron chi connectivity index (χ3n) is 2.98. The molecule has 0 amide bonds. The highest BCUT2D eigenvalue weighted by molar-refractivity contribution is 5.63. The fourth-order valence-electron chi connectivity index (χ4n) is 2.02. The summed E-state index contributed by atoms with van der Waals surface area (Å²) >= 11 is 0. The van der Waals surface area contributed by atoms with Crippen LogP contribution in [0.15, 0.2) is 42.7 Å². The van der Waals surface area contributed by atoms with Crippen molar-refractivity contribution in [2.24, 2.45) is 0 Å². The minimum atomic E-state index is -0.382. The number of benzene rings is 1. The van der Waals surface area contributed by atoms with Gasteiger partial charge in [-0.15, -0.1) is 0 Å². The van der Waals surface area contributed by atoms with Gasteiger partial charge in [0.2, 0.25) is 0 Å². The van der Waals surface area contributed by atoms with Crippen molar-refractivity contribution < 1.29 is 4.92 Å². The fraction of sp³-hybridized carbons (Fsp3) is 0.267. The Bertz CT molecular complexity index is 602. The van der Waals surface area contributed by atoms with Crippen LogP contribution in [0.25, 0.3) is 0 Å². The van der Waals surface area contributed by atoms with Crippen molar-refractivity contribution in [3.63, 3.8) is 0 Å². The number of pyridine rings is 1. The Balaban J connectivity index is 2.03. The van der Waals surface area contributed by atoms with Crippen molar-refractivity contribution in [1.82, 2.24) is 4.98 Å². The molecule has 2 N–H and O–H groups in total. The molecule has 0 atom stereocenters. The molecule has 1 heterocycles. The molecule has 6 nitrogen and oxygen atoms in total. The predicted octanol–water partition coefficient (Wildman–Crippen LogP) is 3.08. The maximum atomic E-state index is 10.9. The lowest BCUT2D eigenvalue weighted by Crippen LogP contribution is -2.06. The molecule has 0 saturated carbocycles. The van der Waals surface area contributed by atoms with Crippen molar-refractivity contribution in [1.29, 1.82) is 0 Å². The lowest BCUT2D eigenvalue weighted by molar-refractivity contribution is -0.384. The van der Waals surface area contributed by atoms with Gasteiger partial charge in [-0.2, -0.15) is 0 Å². The highest BCUT2D eigenvalue weighted by Crippen LogP contribution is 2.24. The van der Waals surface area contributed by atoms with Crippen molar-refractivity contribution in [3.8, 4) is 0 Å². The standard InChI is InChI=1S/C15H18N4O2/c1-2-17-13-8-14(10-15(9-13)19(20)21)18-7-5-12-4-3-6-16-11-12/h3-4,6,8-11,17-18H,2,5,7H2,1H3. The van der Waals surface area contributed by atoms with Gasteiger partial charge in [-0.1, -0.05) is 6.07 Å². The van der Waals surface area contributed by atoms with E-state index in [4.69, 9.17) is 0 Å². The molecule has 1 aromatic carbocycles. The van der Waals surface area contributed by atoms with Gasteiger partial charge in [0.1, 0.15) is 0 Å². The van der Waals surface area contributed by atoms with Gasteiger partial charge in [0, 0.05) is 49.0 Å². The first-order valence-electron chi connectivity index (χ1n) is 6.85. The number of nitro groups is 1. The largest absolute Gasteiger partial charge is 0.385 e. The number of nitro benzene ring substituents is 1. The van der Waals surface area contributed by atoms with Crippen molar-refractivity contribution in [2.45, 2.75) is 13.3 Å². The van der Waals surface area contributed by atoms with Crippen molar-refractivity contribution in [2.75, 3.05) is 23.7 Å². The molecule has 0 saturated heterocycles. The van der Waals surface area contributed by atoms with E-state index in [1.165, 1.54) is 6.07 Å². The van der Waals surface area contributed by atoms with Gasteiger partial charge in [0.05, 0.1) is 4.92 Å². The molecule has 110 valence electrons. The summed E-state index contributed by atoms with van der Waals surface area (Å²) in [5, 5.41) is 17.3. The van der Waals surface area contributed by atoms with Crippen LogP contribution in [0.4, 0.5) is 17.1 Å². The summed E-state index contributed by atoms with van der Waals surface area (Å²) in [6, 6.07) is 8.86. The zero-order chi connectivity index (χ0) is 15.1. The molecule has 21 heavy (non-hydrogen) atoms. The van der Waals surface area contributed by atoms with E-state index in [2.05, 4.69) is 15.6 Å². The highest BCUT2D eigenvalue weighted by Gasteiger charge is 2.09. The van der Waals surface area contributed by atoms with E-state index in [1.54, 1.807) is 12.3 Å². The number of nitrogens with one attached hydrogen (secondary N) is 2. The minimum Gasteiger partial charge on any atom is -0.385 e. The van der Waals surface area contributed by atoms with Crippen LogP contribution in [0.1, 0.15) is 12.5 Å². The highest BCUT2D eigenvalue weighted by atomic mass is 16.6. The van der Waals surface area contributed by atoms with Crippen molar-refractivity contribution >= 4 is 17.1 Å². The quantitative estimate of drug-likeness (QED) is 0.604. The van der Waals surface area contributed by atoms with Crippen LogP contribution in [0.2, 0.25) is 0 Å². The number of nitrogens with zero attached hydrogens (tertiary/aromatic N) is 2. The van der Waals surface area contributed by atoms with Gasteiger partial charge in [-0.25, -0.2) is 0 Å². The minimum absolute atomic E-state index is 0.0809. The van der Waals surface area contributed by atoms with Gasteiger partial charge in [-0.05, 0) is 31.0 Å². The molecule has 0 aliphatic rings. The second-order valence-electron chi connectivity index (χ2n) is 4.59. The second-order valence-corrected chi connectivity index (χ2v) is 4.59. The molecular weight excluding hydrogens is 268 g/mol. The van der Waals surface area contributed by atoms with Gasteiger partial charge in [-0.3, -0.25) is 15.1 Å². The molecule has 0 radical (unpaired) electrons. The summed E-state index contributed by atoms with van der Waals surface area (Å²) in [5.74, 6) is 0. The van der Waals surface area contributed by atoms with E-state index in [1.807, 2.05) is 31.3 Å². The van der Waals surface area contributed by atoms with Crippen molar-refractivity contribution in [3.05, 3.63) is 58.4 Å². The van der Waals surface area contributed by atoms with E-state index in [0.717, 1.165) is 29.9 Å². The second kappa shape index (κ2) is 7.23. The van der Waals surface area contributed by atoms with Crippen LogP contribution < -0.4 is 10.6 Å². The van der Waals surface area contributed by atoms with Gasteiger partial charge < -0.3 is 10.6 Å². The van der Waals surface area contributed by atoms with Crippen LogP contribution in [0.5, 0.6) is 0 Å². The smallest absolute Gasteiger partial charge is 0.273 e. The monoisotopic (exact) mass is 286 g/mol. The Hall–Kier alpha value is -2.63. The van der Waals surface area contributed by atoms with Crippen LogP contribution in [-0.4, -0.2) is 23.0 Å². The summed E-state index contributed by atoms with van der Waals surface area (Å²) in [5.41, 5.74) is 2.69. The summed E-state index contributed by atoms with van der Waals surface area (Å²) in [6.45, 7) is 3.36. The van der Waals surface area contributed by atoms with Gasteiger partial charge >= 0.3 is 0 Å². The number of aromatic nitrogens is 1. The van der Waals surface area contributed by atoms with Crippen LogP contribution >= 0.6 is 0 Å². The van der Waals surface area contributed by atoms with E-state index < -0.39 is 0 Å². The predicted molar refractivity (Wildman–Crippen MR) is 83.7 cm³/mol. The summed E-state index contributed by atoms with van der Waals surface area (Å²) in [6.07, 6.45) is 4.37. The van der Waals surface area contributed by atoms with Crippen LogP contribution in [-0.2, 0) is 6.42 Å². The summed E-state index contributed by atoms with van der Waals surface area (Å²) in [4.78, 5) is 14.6. The SMILES string of the molecule is CCNc1cc(NCCc2cccnc2)cc([N+](=O)[O-])c1. The molecule has 0 fully saturated rings. The number of non-ortho nitro benzene ring substituents is 1. The first-order chi connectivity index (χ1) is 10.2. The molecule has 0 bridgehead atoms. The molecular formula is C15H18N4O2. The Morgan fingerprint density at radius 2 is 2.00 bits per heavy atom. The fourth-order valence-corrected chi connectivity index (χ4v) is 2.02. The zero-order valence-electron chi connectivity index (χ0n) is 11.9. The van der Waals surface area contributed by atoms with Gasteiger partial charge in [0.25, 0.3) is 5.69 Å². The molecule has 0 aliphatic carbocycles. The Morgan fingerprint density at radius 1 is 1.24 bits per heavy atom. The number of rotatable bonds is 7. The maximum Gasteiger partial charge on any atom is 0.273 e. The normalized spacial score (nSPS) is 10.1. The lowest BCUT2D eigenvalue weighted by Gasteiger charge is -2.09. The molecule has 2 rings (SSSR count). The van der Waals surface area contributed by atoms with Crippen LogP contribution in [0, 0.1) is 10.1 Å². The van der Waals surface area contributed by atoms with E-state index in [0.29, 0.717) is 6.54 Å². The molecule has 6 heteroatoms. The number of hydrogen-bond acceptors (Lipinski definition) is 5. The third kappa shape index (κ3) is 4.45. The number of hydrogen-bond donors (Lipinski definition) is 2. The topological polar surface area (TPSA) is 80.1 Å². The van der Waals surface area contributed by atoms with E-state index in [-0.39, 0.29) is 10.6 Å². The maximum absolute atomic E-state index is 10.9. The average Bonchev–Trinajstić information content (AvgIpc) is 2.48.